The Morgan fingerprint density at radius 3 is 1.59 bits per heavy atom. The third-order valence-electron chi connectivity index (χ3n) is 9.78. The fourth-order valence-electron chi connectivity index (χ4n) is 7.37. The second-order valence-electron chi connectivity index (χ2n) is 12.9. The van der Waals surface area contributed by atoms with Crippen LogP contribution >= 0.6 is 0 Å². The summed E-state index contributed by atoms with van der Waals surface area (Å²) in [5.74, 6) is 1.90. The molecule has 0 fully saturated rings. The molecule has 51 heavy (non-hydrogen) atoms. The zero-order valence-electron chi connectivity index (χ0n) is 27.6. The first kappa shape index (κ1) is 29.0. The highest BCUT2D eigenvalue weighted by Crippen LogP contribution is 2.52. The Morgan fingerprint density at radius 2 is 0.843 bits per heavy atom. The standard InChI is InChI=1S/C47H30N4/c1-3-13-31(14-4-1)34-21-9-22-37(27-34)46-48-45(33-15-5-2-6-16-33)49-47(50-46)38-23-10-24-39(28-38)51-42-26-12-20-32-19-11-25-40(44(32)42)41-29-35-17-7-8-18-36(35)30-43(41)51/h1-30H. The first-order valence-corrected chi connectivity index (χ1v) is 17.2. The number of nitrogens with zero attached hydrogens (tertiary/aromatic N) is 4. The zero-order chi connectivity index (χ0) is 33.7. The fourth-order valence-corrected chi connectivity index (χ4v) is 7.37. The van der Waals surface area contributed by atoms with Gasteiger partial charge < -0.3 is 4.90 Å². The molecule has 9 aromatic rings. The predicted octanol–water partition coefficient (Wildman–Crippen LogP) is 12.3. The van der Waals surface area contributed by atoms with Gasteiger partial charge in [0.1, 0.15) is 0 Å². The number of hydrogen-bond acceptors (Lipinski definition) is 4. The molecule has 0 atom stereocenters. The first-order valence-electron chi connectivity index (χ1n) is 17.2. The molecule has 0 N–H and O–H groups in total. The number of fused-ring (bicyclic) bond motifs is 3. The Labute approximate surface area is 296 Å². The van der Waals surface area contributed by atoms with Gasteiger partial charge in [-0.25, -0.2) is 15.0 Å². The van der Waals surface area contributed by atoms with E-state index in [9.17, 15) is 0 Å². The van der Waals surface area contributed by atoms with Crippen molar-refractivity contribution < 1.29 is 0 Å². The van der Waals surface area contributed by atoms with Crippen molar-refractivity contribution in [1.82, 2.24) is 15.0 Å². The summed E-state index contributed by atoms with van der Waals surface area (Å²) in [7, 11) is 0. The maximum Gasteiger partial charge on any atom is 0.164 e. The van der Waals surface area contributed by atoms with Gasteiger partial charge in [-0.2, -0.15) is 0 Å². The van der Waals surface area contributed by atoms with E-state index in [1.807, 2.05) is 36.4 Å². The van der Waals surface area contributed by atoms with Crippen LogP contribution in [0.5, 0.6) is 0 Å². The molecule has 8 aromatic carbocycles. The molecule has 0 radical (unpaired) electrons. The Bertz CT molecular complexity index is 2750. The van der Waals surface area contributed by atoms with Gasteiger partial charge in [0, 0.05) is 33.3 Å². The van der Waals surface area contributed by atoms with E-state index >= 15 is 0 Å². The summed E-state index contributed by atoms with van der Waals surface area (Å²) in [6.45, 7) is 0. The van der Waals surface area contributed by atoms with Gasteiger partial charge in [-0.1, -0.05) is 146 Å². The number of aromatic nitrogens is 3. The summed E-state index contributed by atoms with van der Waals surface area (Å²) in [6, 6.07) is 64.0. The molecular formula is C47H30N4. The van der Waals surface area contributed by atoms with Crippen LogP contribution in [0.4, 0.5) is 17.1 Å². The van der Waals surface area contributed by atoms with E-state index in [0.29, 0.717) is 17.5 Å². The van der Waals surface area contributed by atoms with Gasteiger partial charge in [0.15, 0.2) is 17.5 Å². The topological polar surface area (TPSA) is 41.9 Å². The van der Waals surface area contributed by atoms with Crippen LogP contribution in [-0.4, -0.2) is 15.0 Å². The third-order valence-corrected chi connectivity index (χ3v) is 9.78. The smallest absolute Gasteiger partial charge is 0.164 e. The molecule has 10 rings (SSSR count). The van der Waals surface area contributed by atoms with Crippen molar-refractivity contribution >= 4 is 38.6 Å². The average molecular weight is 651 g/mol. The van der Waals surface area contributed by atoms with Gasteiger partial charge in [-0.3, -0.25) is 0 Å². The Kier molecular flexibility index (Phi) is 6.78. The summed E-state index contributed by atoms with van der Waals surface area (Å²) >= 11 is 0. The molecule has 0 spiro atoms. The lowest BCUT2D eigenvalue weighted by molar-refractivity contribution is 1.07. The minimum atomic E-state index is 0.625. The maximum atomic E-state index is 5.14. The average Bonchev–Trinajstić information content (AvgIpc) is 3.21. The predicted molar refractivity (Wildman–Crippen MR) is 210 cm³/mol. The summed E-state index contributed by atoms with van der Waals surface area (Å²) in [5, 5.41) is 4.90. The Morgan fingerprint density at radius 1 is 0.314 bits per heavy atom. The van der Waals surface area contributed by atoms with Crippen molar-refractivity contribution in [3.8, 4) is 56.4 Å². The molecule has 1 aliphatic rings. The molecule has 0 unspecified atom stereocenters. The summed E-state index contributed by atoms with van der Waals surface area (Å²) in [5.41, 5.74) is 10.9. The maximum absolute atomic E-state index is 5.14. The second-order valence-corrected chi connectivity index (χ2v) is 12.9. The lowest BCUT2D eigenvalue weighted by Gasteiger charge is -2.34. The number of anilines is 3. The normalized spacial score (nSPS) is 11.9. The van der Waals surface area contributed by atoms with Gasteiger partial charge in [0.25, 0.3) is 0 Å². The van der Waals surface area contributed by atoms with Crippen LogP contribution in [-0.2, 0) is 0 Å². The minimum Gasteiger partial charge on any atom is -0.309 e. The monoisotopic (exact) mass is 650 g/mol. The van der Waals surface area contributed by atoms with Gasteiger partial charge in [-0.15, -0.1) is 0 Å². The summed E-state index contributed by atoms with van der Waals surface area (Å²) in [4.78, 5) is 17.6. The molecule has 0 amide bonds. The van der Waals surface area contributed by atoms with E-state index in [4.69, 9.17) is 15.0 Å². The minimum absolute atomic E-state index is 0.625. The lowest BCUT2D eigenvalue weighted by atomic mass is 9.89. The second kappa shape index (κ2) is 11.9. The highest BCUT2D eigenvalue weighted by Gasteiger charge is 2.27. The zero-order valence-corrected chi connectivity index (χ0v) is 27.6. The van der Waals surface area contributed by atoms with Crippen molar-refractivity contribution in [2.45, 2.75) is 0 Å². The van der Waals surface area contributed by atoms with E-state index in [-0.39, 0.29) is 0 Å². The van der Waals surface area contributed by atoms with Crippen LogP contribution < -0.4 is 4.90 Å². The van der Waals surface area contributed by atoms with Crippen LogP contribution in [0.15, 0.2) is 182 Å². The molecule has 0 aliphatic carbocycles. The highest BCUT2D eigenvalue weighted by molar-refractivity contribution is 6.15. The number of benzene rings is 8. The van der Waals surface area contributed by atoms with Crippen molar-refractivity contribution in [2.24, 2.45) is 0 Å². The van der Waals surface area contributed by atoms with E-state index in [1.54, 1.807) is 0 Å². The molecule has 238 valence electrons. The molecule has 0 saturated carbocycles. The molecule has 1 aromatic heterocycles. The SMILES string of the molecule is c1ccc(-c2cccc(-c3nc(-c4ccccc4)nc(-c4cccc(N5c6cc7ccccc7cc6-c6cccc7cccc5c67)c4)n3)c2)cc1. The van der Waals surface area contributed by atoms with Crippen LogP contribution in [0.3, 0.4) is 0 Å². The van der Waals surface area contributed by atoms with Crippen LogP contribution in [0, 0.1) is 0 Å². The Hall–Kier alpha value is -6.91. The van der Waals surface area contributed by atoms with Crippen LogP contribution in [0.2, 0.25) is 0 Å². The quantitative estimate of drug-likeness (QED) is 0.186. The fraction of sp³-hybridized carbons (Fsp3) is 0. The Balaban J connectivity index is 1.16. The van der Waals surface area contributed by atoms with E-state index in [1.165, 1.54) is 32.7 Å². The third kappa shape index (κ3) is 5.04. The van der Waals surface area contributed by atoms with Crippen LogP contribution in [0.1, 0.15) is 0 Å². The molecular weight excluding hydrogens is 621 g/mol. The van der Waals surface area contributed by atoms with Gasteiger partial charge >= 0.3 is 0 Å². The van der Waals surface area contributed by atoms with Crippen LogP contribution in [0.25, 0.3) is 78.0 Å². The molecule has 0 saturated heterocycles. The number of rotatable bonds is 5. The summed E-state index contributed by atoms with van der Waals surface area (Å²) in [6.07, 6.45) is 0. The molecule has 1 aliphatic heterocycles. The largest absolute Gasteiger partial charge is 0.309 e. The molecule has 4 nitrogen and oxygen atoms in total. The van der Waals surface area contributed by atoms with Gasteiger partial charge in [-0.05, 0) is 69.2 Å². The molecule has 4 heteroatoms. The van der Waals surface area contributed by atoms with Crippen molar-refractivity contribution in [1.29, 1.82) is 0 Å². The summed E-state index contributed by atoms with van der Waals surface area (Å²) < 4.78 is 0. The van der Waals surface area contributed by atoms with Crippen molar-refractivity contribution in [2.75, 3.05) is 4.90 Å². The van der Waals surface area contributed by atoms with E-state index in [2.05, 4.69) is 150 Å². The van der Waals surface area contributed by atoms with E-state index < -0.39 is 0 Å². The lowest BCUT2D eigenvalue weighted by Crippen LogP contribution is -2.15. The molecule has 2 heterocycles. The van der Waals surface area contributed by atoms with Crippen molar-refractivity contribution in [3.05, 3.63) is 182 Å². The van der Waals surface area contributed by atoms with E-state index in [0.717, 1.165) is 44.9 Å². The first-order chi connectivity index (χ1) is 25.3. The molecule has 0 bridgehead atoms. The number of hydrogen-bond donors (Lipinski definition) is 0. The van der Waals surface area contributed by atoms with Crippen molar-refractivity contribution in [3.63, 3.8) is 0 Å². The highest BCUT2D eigenvalue weighted by atomic mass is 15.2. The van der Waals surface area contributed by atoms with Gasteiger partial charge in [0.05, 0.1) is 11.4 Å². The van der Waals surface area contributed by atoms with Gasteiger partial charge in [0.2, 0.25) is 0 Å².